The molecule has 1 heterocycles. The number of hydrogen-bond donors (Lipinski definition) is 2. The molecule has 3 aromatic rings. The highest BCUT2D eigenvalue weighted by atomic mass is 35.5. The number of anilines is 1. The molecule has 2 amide bonds. The van der Waals surface area contributed by atoms with E-state index in [2.05, 4.69) is 10.6 Å². The van der Waals surface area contributed by atoms with Gasteiger partial charge in [-0.25, -0.2) is 9.07 Å². The lowest BCUT2D eigenvalue weighted by atomic mass is 9.88. The number of ether oxygens (including phenoxy) is 2. The molecule has 39 heavy (non-hydrogen) atoms. The number of rotatable bonds is 12. The predicted octanol–water partition coefficient (Wildman–Crippen LogP) is 4.34. The number of nitrogens with zero attached hydrogens (tertiary/aromatic N) is 2. The van der Waals surface area contributed by atoms with Crippen LogP contribution in [0.5, 0.6) is 5.75 Å². The van der Waals surface area contributed by atoms with E-state index in [0.29, 0.717) is 24.4 Å². The van der Waals surface area contributed by atoms with E-state index in [4.69, 9.17) is 21.1 Å². The number of benzene rings is 2. The molecule has 1 aromatic heterocycles. The maximum atomic E-state index is 13.9. The quantitative estimate of drug-likeness (QED) is 0.343. The van der Waals surface area contributed by atoms with Crippen molar-refractivity contribution in [3.05, 3.63) is 74.9 Å². The second-order valence-electron chi connectivity index (χ2n) is 9.81. The van der Waals surface area contributed by atoms with Gasteiger partial charge in [-0.2, -0.15) is 0 Å². The summed E-state index contributed by atoms with van der Waals surface area (Å²) in [6, 6.07) is 11.4. The van der Waals surface area contributed by atoms with Gasteiger partial charge in [0.2, 0.25) is 5.91 Å². The van der Waals surface area contributed by atoms with Crippen molar-refractivity contribution in [1.29, 1.82) is 0 Å². The zero-order chi connectivity index (χ0) is 28.7. The molecular formula is C28H34ClFN4O5. The lowest BCUT2D eigenvalue weighted by Crippen LogP contribution is -2.37. The van der Waals surface area contributed by atoms with Gasteiger partial charge in [0.15, 0.2) is 0 Å². The van der Waals surface area contributed by atoms with Gasteiger partial charge in [0.05, 0.1) is 35.2 Å². The third kappa shape index (κ3) is 7.27. The van der Waals surface area contributed by atoms with Gasteiger partial charge in [-0.05, 0) is 30.5 Å². The molecule has 0 saturated heterocycles. The van der Waals surface area contributed by atoms with Gasteiger partial charge in [-0.1, -0.05) is 43.6 Å². The molecule has 0 atom stereocenters. The fourth-order valence-corrected chi connectivity index (χ4v) is 4.36. The van der Waals surface area contributed by atoms with E-state index in [0.717, 1.165) is 6.07 Å². The summed E-state index contributed by atoms with van der Waals surface area (Å²) in [6.07, 6.45) is 0.429. The van der Waals surface area contributed by atoms with Crippen molar-refractivity contribution in [2.45, 2.75) is 33.6 Å². The van der Waals surface area contributed by atoms with E-state index in [1.165, 1.54) is 10.7 Å². The fraction of sp³-hybridized carbons (Fsp3) is 0.393. The van der Waals surface area contributed by atoms with Crippen LogP contribution in [0.3, 0.4) is 0 Å². The fourth-order valence-electron chi connectivity index (χ4n) is 4.20. The molecule has 0 saturated carbocycles. The van der Waals surface area contributed by atoms with E-state index in [-0.39, 0.29) is 53.1 Å². The Morgan fingerprint density at radius 1 is 1.15 bits per heavy atom. The lowest BCUT2D eigenvalue weighted by Gasteiger charge is -2.24. The molecule has 11 heteroatoms. The van der Waals surface area contributed by atoms with Crippen LogP contribution >= 0.6 is 11.6 Å². The van der Waals surface area contributed by atoms with Crippen LogP contribution in [0, 0.1) is 11.2 Å². The largest absolute Gasteiger partial charge is 0.493 e. The first-order valence-corrected chi connectivity index (χ1v) is 12.9. The first-order valence-electron chi connectivity index (χ1n) is 12.5. The summed E-state index contributed by atoms with van der Waals surface area (Å²) in [5.41, 5.74) is 0.532. The normalized spacial score (nSPS) is 11.4. The van der Waals surface area contributed by atoms with Crippen LogP contribution < -0.4 is 20.9 Å². The number of methoxy groups -OCH3 is 1. The first kappa shape index (κ1) is 29.9. The maximum Gasteiger partial charge on any atom is 0.295 e. The third-order valence-electron chi connectivity index (χ3n) is 6.13. The van der Waals surface area contributed by atoms with Gasteiger partial charge in [-0.3, -0.25) is 19.1 Å². The van der Waals surface area contributed by atoms with E-state index in [1.54, 1.807) is 25.8 Å². The summed E-state index contributed by atoms with van der Waals surface area (Å²) in [6.45, 7) is 6.08. The number of nitrogens with one attached hydrogen (secondary N) is 2. The predicted molar refractivity (Wildman–Crippen MR) is 149 cm³/mol. The minimum Gasteiger partial charge on any atom is -0.493 e. The SMILES string of the molecule is CCOc1cc(F)c(Cl)cc1C(=O)NCC(C)(C)CC(=O)Nc1c(CCOC)n(C)n(-c2ccccc2)c1=O. The summed E-state index contributed by atoms with van der Waals surface area (Å²) >= 11 is 5.87. The van der Waals surface area contributed by atoms with Crippen molar-refractivity contribution < 1.29 is 23.5 Å². The summed E-state index contributed by atoms with van der Waals surface area (Å²) in [5.74, 6) is -1.50. The topological polar surface area (TPSA) is 104 Å². The van der Waals surface area contributed by atoms with Gasteiger partial charge in [0.25, 0.3) is 11.5 Å². The standard InChI is InChI=1S/C28H34ClFN4O5/c1-6-39-23-15-21(30)20(29)14-19(23)26(36)31-17-28(2,3)16-24(35)32-25-22(12-13-38-5)33(4)34(27(25)37)18-10-8-7-9-11-18/h7-11,14-15H,6,12-13,16-17H2,1-5H3,(H,31,36)(H,32,35). The zero-order valence-electron chi connectivity index (χ0n) is 22.8. The van der Waals surface area contributed by atoms with E-state index >= 15 is 0 Å². The molecule has 0 aliphatic rings. The molecule has 0 radical (unpaired) electrons. The van der Waals surface area contributed by atoms with Crippen molar-refractivity contribution in [1.82, 2.24) is 14.7 Å². The van der Waals surface area contributed by atoms with Crippen molar-refractivity contribution in [2.75, 3.05) is 32.2 Å². The average molecular weight is 561 g/mol. The highest BCUT2D eigenvalue weighted by Gasteiger charge is 2.27. The number of carbonyl (C=O) groups is 2. The number of hydrogen-bond acceptors (Lipinski definition) is 5. The number of aromatic nitrogens is 2. The van der Waals surface area contributed by atoms with Crippen molar-refractivity contribution in [3.8, 4) is 11.4 Å². The van der Waals surface area contributed by atoms with Gasteiger partial charge < -0.3 is 20.1 Å². The Morgan fingerprint density at radius 2 is 1.85 bits per heavy atom. The van der Waals surface area contributed by atoms with Crippen LogP contribution in [0.15, 0.2) is 47.3 Å². The molecule has 3 rings (SSSR count). The minimum absolute atomic E-state index is 0.0131. The number of para-hydroxylation sites is 1. The lowest BCUT2D eigenvalue weighted by molar-refractivity contribution is -0.118. The Morgan fingerprint density at radius 3 is 2.49 bits per heavy atom. The summed E-state index contributed by atoms with van der Waals surface area (Å²) < 4.78 is 27.7. The summed E-state index contributed by atoms with van der Waals surface area (Å²) in [4.78, 5) is 39.3. The highest BCUT2D eigenvalue weighted by molar-refractivity contribution is 6.31. The van der Waals surface area contributed by atoms with Gasteiger partial charge in [0.1, 0.15) is 17.3 Å². The second kappa shape index (κ2) is 12.9. The van der Waals surface area contributed by atoms with Crippen molar-refractivity contribution >= 4 is 29.1 Å². The maximum absolute atomic E-state index is 13.9. The third-order valence-corrected chi connectivity index (χ3v) is 6.42. The monoisotopic (exact) mass is 560 g/mol. The molecule has 0 unspecified atom stereocenters. The number of carbonyl (C=O) groups excluding carboxylic acids is 2. The molecule has 9 nitrogen and oxygen atoms in total. The van der Waals surface area contributed by atoms with E-state index < -0.39 is 17.1 Å². The molecule has 210 valence electrons. The molecule has 0 aliphatic heterocycles. The smallest absolute Gasteiger partial charge is 0.295 e. The number of halogens is 2. The molecule has 2 N–H and O–H groups in total. The second-order valence-corrected chi connectivity index (χ2v) is 10.2. The first-order chi connectivity index (χ1) is 18.5. The van der Waals surface area contributed by atoms with E-state index in [1.807, 2.05) is 44.2 Å². The van der Waals surface area contributed by atoms with Crippen LogP contribution in [0.1, 0.15) is 43.2 Å². The van der Waals surface area contributed by atoms with Crippen LogP contribution in [0.4, 0.5) is 10.1 Å². The Hall–Kier alpha value is -3.63. The average Bonchev–Trinajstić information content (AvgIpc) is 3.11. The highest BCUT2D eigenvalue weighted by Crippen LogP contribution is 2.27. The Labute approximate surface area is 231 Å². The Balaban J connectivity index is 1.75. The van der Waals surface area contributed by atoms with Crippen LogP contribution in [-0.4, -0.2) is 48.0 Å². The van der Waals surface area contributed by atoms with Crippen LogP contribution in [0.25, 0.3) is 5.69 Å². The van der Waals surface area contributed by atoms with Crippen LogP contribution in [0.2, 0.25) is 5.02 Å². The van der Waals surface area contributed by atoms with Gasteiger partial charge in [0, 0.05) is 39.6 Å². The molecule has 0 fully saturated rings. The summed E-state index contributed by atoms with van der Waals surface area (Å²) in [7, 11) is 3.32. The molecule has 2 aromatic carbocycles. The van der Waals surface area contributed by atoms with E-state index in [9.17, 15) is 18.8 Å². The number of amides is 2. The molecular weight excluding hydrogens is 527 g/mol. The van der Waals surface area contributed by atoms with Crippen LogP contribution in [-0.2, 0) is 23.0 Å². The Bertz CT molecular complexity index is 1380. The van der Waals surface area contributed by atoms with Crippen molar-refractivity contribution in [3.63, 3.8) is 0 Å². The minimum atomic E-state index is -0.689. The van der Waals surface area contributed by atoms with Crippen molar-refractivity contribution in [2.24, 2.45) is 12.5 Å². The zero-order valence-corrected chi connectivity index (χ0v) is 23.5. The Kier molecular flexibility index (Phi) is 9.93. The molecule has 0 aliphatic carbocycles. The molecule has 0 spiro atoms. The summed E-state index contributed by atoms with van der Waals surface area (Å²) in [5, 5.41) is 5.37. The van der Waals surface area contributed by atoms with Gasteiger partial charge in [-0.15, -0.1) is 0 Å². The molecule has 0 bridgehead atoms. The van der Waals surface area contributed by atoms with Gasteiger partial charge >= 0.3 is 0 Å².